The molecule has 0 saturated carbocycles. The molecule has 0 fully saturated rings. The SMILES string of the molecule is CC(C)(O)CCCc1ccoc1. The fourth-order valence-corrected chi connectivity index (χ4v) is 1.16. The molecule has 0 aliphatic rings. The van der Waals surface area contributed by atoms with Crippen LogP contribution in [0.15, 0.2) is 23.0 Å². The first-order valence-corrected chi connectivity index (χ1v) is 4.31. The van der Waals surface area contributed by atoms with Crippen LogP contribution in [0.1, 0.15) is 32.3 Å². The van der Waals surface area contributed by atoms with Crippen LogP contribution in [-0.2, 0) is 6.42 Å². The largest absolute Gasteiger partial charge is 0.472 e. The molecule has 0 aliphatic heterocycles. The Morgan fingerprint density at radius 3 is 2.75 bits per heavy atom. The fourth-order valence-electron chi connectivity index (χ4n) is 1.16. The number of rotatable bonds is 4. The molecule has 0 aliphatic carbocycles. The van der Waals surface area contributed by atoms with Gasteiger partial charge in [0.1, 0.15) is 0 Å². The van der Waals surface area contributed by atoms with Gasteiger partial charge in [0.2, 0.25) is 0 Å². The molecular weight excluding hydrogens is 152 g/mol. The van der Waals surface area contributed by atoms with Crippen LogP contribution in [0.25, 0.3) is 0 Å². The van der Waals surface area contributed by atoms with Gasteiger partial charge in [-0.1, -0.05) is 0 Å². The molecule has 1 aromatic heterocycles. The molecule has 2 nitrogen and oxygen atoms in total. The fraction of sp³-hybridized carbons (Fsp3) is 0.600. The van der Waals surface area contributed by atoms with Gasteiger partial charge in [-0.25, -0.2) is 0 Å². The summed E-state index contributed by atoms with van der Waals surface area (Å²) in [7, 11) is 0. The minimum Gasteiger partial charge on any atom is -0.472 e. The summed E-state index contributed by atoms with van der Waals surface area (Å²) in [6.07, 6.45) is 6.26. The first-order chi connectivity index (χ1) is 5.58. The van der Waals surface area contributed by atoms with Gasteiger partial charge in [0, 0.05) is 0 Å². The molecule has 0 bridgehead atoms. The second-order valence-corrected chi connectivity index (χ2v) is 3.80. The maximum absolute atomic E-state index is 9.42. The van der Waals surface area contributed by atoms with E-state index in [9.17, 15) is 5.11 Å². The summed E-state index contributed by atoms with van der Waals surface area (Å²) in [6.45, 7) is 3.67. The summed E-state index contributed by atoms with van der Waals surface area (Å²) in [6, 6.07) is 1.96. The zero-order chi connectivity index (χ0) is 9.03. The van der Waals surface area contributed by atoms with E-state index in [0.29, 0.717) is 0 Å². The number of hydrogen-bond acceptors (Lipinski definition) is 2. The summed E-state index contributed by atoms with van der Waals surface area (Å²) >= 11 is 0. The molecule has 2 heteroatoms. The number of furan rings is 1. The molecule has 0 spiro atoms. The highest BCUT2D eigenvalue weighted by Gasteiger charge is 2.11. The van der Waals surface area contributed by atoms with Crippen LogP contribution in [0.5, 0.6) is 0 Å². The maximum Gasteiger partial charge on any atom is 0.0934 e. The van der Waals surface area contributed by atoms with Crippen molar-refractivity contribution in [2.75, 3.05) is 0 Å². The minimum absolute atomic E-state index is 0.538. The Morgan fingerprint density at radius 1 is 1.50 bits per heavy atom. The molecule has 1 heterocycles. The van der Waals surface area contributed by atoms with E-state index in [1.54, 1.807) is 12.5 Å². The van der Waals surface area contributed by atoms with Crippen LogP contribution >= 0.6 is 0 Å². The molecule has 1 N–H and O–H groups in total. The molecular formula is C10H16O2. The van der Waals surface area contributed by atoms with Gasteiger partial charge in [-0.15, -0.1) is 0 Å². The molecule has 1 rings (SSSR count). The number of hydrogen-bond donors (Lipinski definition) is 1. The molecule has 12 heavy (non-hydrogen) atoms. The van der Waals surface area contributed by atoms with Crippen LogP contribution in [0.2, 0.25) is 0 Å². The molecule has 0 atom stereocenters. The van der Waals surface area contributed by atoms with Crippen molar-refractivity contribution in [1.29, 1.82) is 0 Å². The third kappa shape index (κ3) is 3.58. The van der Waals surface area contributed by atoms with E-state index in [1.807, 2.05) is 19.9 Å². The predicted molar refractivity (Wildman–Crippen MR) is 47.9 cm³/mol. The first kappa shape index (κ1) is 9.33. The van der Waals surface area contributed by atoms with Gasteiger partial charge in [0.15, 0.2) is 0 Å². The maximum atomic E-state index is 9.42. The standard InChI is InChI=1S/C10H16O2/c1-10(2,11)6-3-4-9-5-7-12-8-9/h5,7-8,11H,3-4,6H2,1-2H3. The van der Waals surface area contributed by atoms with Crippen molar-refractivity contribution in [3.05, 3.63) is 24.2 Å². The highest BCUT2D eigenvalue weighted by Crippen LogP contribution is 2.13. The van der Waals surface area contributed by atoms with Gasteiger partial charge in [-0.05, 0) is 44.7 Å². The Balaban J connectivity index is 2.20. The summed E-state index contributed by atoms with van der Waals surface area (Å²) < 4.78 is 4.93. The third-order valence-corrected chi connectivity index (χ3v) is 1.83. The van der Waals surface area contributed by atoms with Gasteiger partial charge in [-0.2, -0.15) is 0 Å². The highest BCUT2D eigenvalue weighted by molar-refractivity contribution is 5.04. The van der Waals surface area contributed by atoms with Crippen LogP contribution in [0, 0.1) is 0 Å². The third-order valence-electron chi connectivity index (χ3n) is 1.83. The van der Waals surface area contributed by atoms with Crippen LogP contribution < -0.4 is 0 Å². The highest BCUT2D eigenvalue weighted by atomic mass is 16.3. The monoisotopic (exact) mass is 168 g/mol. The summed E-state index contributed by atoms with van der Waals surface area (Å²) in [5.74, 6) is 0. The van der Waals surface area contributed by atoms with Gasteiger partial charge < -0.3 is 9.52 Å². The summed E-state index contributed by atoms with van der Waals surface area (Å²) in [5.41, 5.74) is 0.670. The van der Waals surface area contributed by atoms with Crippen molar-refractivity contribution >= 4 is 0 Å². The van der Waals surface area contributed by atoms with E-state index < -0.39 is 5.60 Å². The Labute approximate surface area is 73.2 Å². The van der Waals surface area contributed by atoms with Crippen LogP contribution in [-0.4, -0.2) is 10.7 Å². The Kier molecular flexibility index (Phi) is 2.93. The predicted octanol–water partition coefficient (Wildman–Crippen LogP) is 2.37. The number of aliphatic hydroxyl groups is 1. The van der Waals surface area contributed by atoms with E-state index in [2.05, 4.69) is 0 Å². The Bertz CT molecular complexity index is 206. The van der Waals surface area contributed by atoms with E-state index in [1.165, 1.54) is 5.56 Å². The Morgan fingerprint density at radius 2 is 2.25 bits per heavy atom. The van der Waals surface area contributed by atoms with E-state index in [0.717, 1.165) is 19.3 Å². The average Bonchev–Trinajstić information content (AvgIpc) is 2.36. The van der Waals surface area contributed by atoms with Crippen LogP contribution in [0.4, 0.5) is 0 Å². The van der Waals surface area contributed by atoms with E-state index in [-0.39, 0.29) is 0 Å². The van der Waals surface area contributed by atoms with Gasteiger partial charge in [-0.3, -0.25) is 0 Å². The van der Waals surface area contributed by atoms with E-state index in [4.69, 9.17) is 4.42 Å². The molecule has 1 aromatic rings. The van der Waals surface area contributed by atoms with Gasteiger partial charge in [0.05, 0.1) is 18.1 Å². The van der Waals surface area contributed by atoms with Crippen molar-refractivity contribution in [3.63, 3.8) is 0 Å². The summed E-state index contributed by atoms with van der Waals surface area (Å²) in [5, 5.41) is 9.42. The van der Waals surface area contributed by atoms with Crippen LogP contribution in [0.3, 0.4) is 0 Å². The molecule has 0 unspecified atom stereocenters. The molecule has 0 radical (unpaired) electrons. The second-order valence-electron chi connectivity index (χ2n) is 3.80. The number of aryl methyl sites for hydroxylation is 1. The average molecular weight is 168 g/mol. The van der Waals surface area contributed by atoms with Crippen molar-refractivity contribution in [1.82, 2.24) is 0 Å². The molecule has 68 valence electrons. The van der Waals surface area contributed by atoms with Crippen molar-refractivity contribution in [3.8, 4) is 0 Å². The topological polar surface area (TPSA) is 33.4 Å². The zero-order valence-electron chi connectivity index (χ0n) is 7.71. The minimum atomic E-state index is -0.538. The first-order valence-electron chi connectivity index (χ1n) is 4.31. The lowest BCUT2D eigenvalue weighted by Gasteiger charge is -2.15. The summed E-state index contributed by atoms with van der Waals surface area (Å²) in [4.78, 5) is 0. The lowest BCUT2D eigenvalue weighted by atomic mass is 10.0. The van der Waals surface area contributed by atoms with E-state index >= 15 is 0 Å². The molecule has 0 amide bonds. The Hall–Kier alpha value is -0.760. The van der Waals surface area contributed by atoms with Crippen molar-refractivity contribution < 1.29 is 9.52 Å². The van der Waals surface area contributed by atoms with Gasteiger partial charge in [0.25, 0.3) is 0 Å². The normalized spacial score (nSPS) is 11.9. The molecule has 0 aromatic carbocycles. The lowest BCUT2D eigenvalue weighted by Crippen LogP contribution is -2.18. The zero-order valence-corrected chi connectivity index (χ0v) is 7.71. The molecule has 0 saturated heterocycles. The quantitative estimate of drug-likeness (QED) is 0.748. The smallest absolute Gasteiger partial charge is 0.0934 e. The lowest BCUT2D eigenvalue weighted by molar-refractivity contribution is 0.0689. The van der Waals surface area contributed by atoms with Crippen molar-refractivity contribution in [2.24, 2.45) is 0 Å². The van der Waals surface area contributed by atoms with Gasteiger partial charge >= 0.3 is 0 Å². The van der Waals surface area contributed by atoms with Crippen molar-refractivity contribution in [2.45, 2.75) is 38.7 Å². The second kappa shape index (κ2) is 3.76.